The predicted octanol–water partition coefficient (Wildman–Crippen LogP) is 5.35. The minimum atomic E-state index is -0.575. The second-order valence-electron chi connectivity index (χ2n) is 8.90. The number of hydrogen-bond acceptors (Lipinski definition) is 3. The van der Waals surface area contributed by atoms with E-state index in [1.54, 1.807) is 6.20 Å². The summed E-state index contributed by atoms with van der Waals surface area (Å²) in [6.07, 6.45) is 13.6. The molecule has 2 aromatic carbocycles. The van der Waals surface area contributed by atoms with Gasteiger partial charge in [-0.15, -0.1) is 6.42 Å². The largest absolute Gasteiger partial charge is 0.508 e. The van der Waals surface area contributed by atoms with Gasteiger partial charge in [-0.1, -0.05) is 12.0 Å². The highest BCUT2D eigenvalue weighted by atomic mass is 19.1. The van der Waals surface area contributed by atoms with Crippen LogP contribution in [0.3, 0.4) is 0 Å². The quantitative estimate of drug-likeness (QED) is 0.412. The zero-order chi connectivity index (χ0) is 22.9. The first-order valence-electron chi connectivity index (χ1n) is 11.0. The van der Waals surface area contributed by atoms with Crippen LogP contribution in [-0.2, 0) is 0 Å². The molecule has 2 aromatic heterocycles. The summed E-state index contributed by atoms with van der Waals surface area (Å²) in [5.41, 5.74) is 2.98. The number of pyridine rings is 1. The number of terminal acetylenes is 1. The zero-order valence-electron chi connectivity index (χ0n) is 18.0. The Kier molecular flexibility index (Phi) is 4.33. The smallest absolute Gasteiger partial charge is 0.159 e. The van der Waals surface area contributed by atoms with Crippen molar-refractivity contribution in [2.75, 3.05) is 6.54 Å². The molecule has 0 radical (unpaired) electrons. The molecular weight excluding hydrogens is 420 g/mol. The first-order valence-corrected chi connectivity index (χ1v) is 11.0. The molecule has 0 spiro atoms. The van der Waals surface area contributed by atoms with E-state index in [4.69, 9.17) is 6.42 Å². The van der Waals surface area contributed by atoms with Crippen molar-refractivity contribution in [3.63, 3.8) is 0 Å². The molecule has 7 rings (SSSR count). The van der Waals surface area contributed by atoms with Crippen molar-refractivity contribution in [3.8, 4) is 29.4 Å². The van der Waals surface area contributed by atoms with Crippen molar-refractivity contribution in [1.29, 1.82) is 0 Å². The fourth-order valence-electron chi connectivity index (χ4n) is 5.41. The van der Waals surface area contributed by atoms with Gasteiger partial charge in [0.15, 0.2) is 5.82 Å². The summed E-state index contributed by atoms with van der Waals surface area (Å²) in [7, 11) is 0. The highest BCUT2D eigenvalue weighted by Crippen LogP contribution is 2.40. The summed E-state index contributed by atoms with van der Waals surface area (Å²) in [5, 5.41) is 15.1. The number of piperidine rings is 1. The number of aromatic hydroxyl groups is 1. The molecule has 3 aliphatic rings. The minimum absolute atomic E-state index is 0.0222. The van der Waals surface area contributed by atoms with E-state index in [1.165, 1.54) is 30.0 Å². The van der Waals surface area contributed by atoms with Gasteiger partial charge in [0.1, 0.15) is 17.3 Å². The van der Waals surface area contributed by atoms with E-state index in [1.807, 2.05) is 13.1 Å². The van der Waals surface area contributed by atoms with Gasteiger partial charge in [0, 0.05) is 46.7 Å². The van der Waals surface area contributed by atoms with E-state index in [9.17, 15) is 9.50 Å². The zero-order valence-corrected chi connectivity index (χ0v) is 18.0. The number of nitrogens with zero attached hydrogens (tertiary/aromatic N) is 2. The van der Waals surface area contributed by atoms with Gasteiger partial charge in [-0.05, 0) is 55.0 Å². The van der Waals surface area contributed by atoms with Crippen LogP contribution in [-0.4, -0.2) is 27.2 Å². The van der Waals surface area contributed by atoms with Crippen LogP contribution in [0.1, 0.15) is 24.0 Å². The summed E-state index contributed by atoms with van der Waals surface area (Å²) >= 11 is 0. The molecule has 2 atom stereocenters. The number of benzene rings is 2. The van der Waals surface area contributed by atoms with Gasteiger partial charge in [-0.2, -0.15) is 0 Å². The van der Waals surface area contributed by atoms with Crippen molar-refractivity contribution in [2.24, 2.45) is 5.92 Å². The Morgan fingerprint density at radius 3 is 2.76 bits per heavy atom. The van der Waals surface area contributed by atoms with Crippen LogP contribution in [0.4, 0.5) is 8.78 Å². The van der Waals surface area contributed by atoms with Crippen LogP contribution in [0, 0.1) is 36.8 Å². The summed E-state index contributed by atoms with van der Waals surface area (Å²) < 4.78 is 32.6. The van der Waals surface area contributed by atoms with Crippen molar-refractivity contribution in [2.45, 2.75) is 25.8 Å². The number of aryl methyl sites for hydroxylation is 1. The maximum absolute atomic E-state index is 16.0. The van der Waals surface area contributed by atoms with E-state index < -0.39 is 11.6 Å². The maximum Gasteiger partial charge on any atom is 0.159 e. The second-order valence-corrected chi connectivity index (χ2v) is 8.90. The molecule has 4 nitrogen and oxygen atoms in total. The van der Waals surface area contributed by atoms with Gasteiger partial charge in [0.25, 0.3) is 0 Å². The third kappa shape index (κ3) is 2.89. The molecular formula is C27H21F2N3O. The number of rotatable bonds is 2. The third-order valence-electron chi connectivity index (χ3n) is 6.95. The molecule has 4 aromatic rings. The highest BCUT2D eigenvalue weighted by molar-refractivity contribution is 6.02. The number of fused-ring (bicyclic) bond motifs is 4. The summed E-state index contributed by atoms with van der Waals surface area (Å²) in [4.78, 5) is 4.46. The van der Waals surface area contributed by atoms with Gasteiger partial charge in [0.2, 0.25) is 0 Å². The first-order chi connectivity index (χ1) is 16.0. The van der Waals surface area contributed by atoms with E-state index in [0.29, 0.717) is 33.6 Å². The molecule has 0 saturated carbocycles. The molecule has 2 bridgehead atoms. The maximum atomic E-state index is 16.0. The van der Waals surface area contributed by atoms with Crippen molar-refractivity contribution < 1.29 is 13.9 Å². The molecule has 1 aliphatic carbocycles. The average molecular weight is 441 g/mol. The molecule has 2 N–H and O–H groups in total. The summed E-state index contributed by atoms with van der Waals surface area (Å²) in [5.74, 6) is 1.60. The summed E-state index contributed by atoms with van der Waals surface area (Å²) in [6.45, 7) is 2.79. The lowest BCUT2D eigenvalue weighted by atomic mass is 9.85. The molecule has 164 valence electrons. The normalized spacial score (nSPS) is 19.8. The van der Waals surface area contributed by atoms with Gasteiger partial charge >= 0.3 is 0 Å². The standard InChI is InChI=1S/C27H21F2N3O/c1-3-19-21(28)7-5-15-8-18(33)10-20(25(15)19)27-26(29)24-14(2)13-32(23(24)12-31-27)22-9-17-6-4-16(22)11-30-17/h1,5,7-10,12-13,16-17,30,33H,4,6,11H2,2H3. The van der Waals surface area contributed by atoms with E-state index in [0.717, 1.165) is 24.9 Å². The summed E-state index contributed by atoms with van der Waals surface area (Å²) in [6, 6.07) is 5.98. The molecule has 0 amide bonds. The molecule has 33 heavy (non-hydrogen) atoms. The number of halogens is 2. The van der Waals surface area contributed by atoms with Crippen molar-refractivity contribution in [3.05, 3.63) is 65.5 Å². The molecule has 1 fully saturated rings. The van der Waals surface area contributed by atoms with Gasteiger partial charge in [0.05, 0.1) is 17.3 Å². The Labute approximate surface area is 189 Å². The Morgan fingerprint density at radius 2 is 2.06 bits per heavy atom. The molecule has 2 unspecified atom stereocenters. The van der Waals surface area contributed by atoms with E-state index >= 15 is 4.39 Å². The van der Waals surface area contributed by atoms with Crippen LogP contribution < -0.4 is 5.32 Å². The lowest BCUT2D eigenvalue weighted by molar-refractivity contribution is 0.366. The number of hydrogen-bond donors (Lipinski definition) is 2. The van der Waals surface area contributed by atoms with Gasteiger partial charge in [-0.3, -0.25) is 4.98 Å². The van der Waals surface area contributed by atoms with Gasteiger partial charge in [-0.25, -0.2) is 8.78 Å². The minimum Gasteiger partial charge on any atom is -0.508 e. The molecule has 2 aliphatic heterocycles. The Hall–Kier alpha value is -3.69. The average Bonchev–Trinajstić information content (AvgIpc) is 3.17. The molecule has 4 heterocycles. The molecule has 1 saturated heterocycles. The fourth-order valence-corrected chi connectivity index (χ4v) is 5.41. The predicted molar refractivity (Wildman–Crippen MR) is 126 cm³/mol. The van der Waals surface area contributed by atoms with E-state index in [2.05, 4.69) is 26.9 Å². The lowest BCUT2D eigenvalue weighted by Gasteiger charge is -2.37. The topological polar surface area (TPSA) is 50.1 Å². The van der Waals surface area contributed by atoms with Crippen LogP contribution in [0.25, 0.3) is 38.6 Å². The van der Waals surface area contributed by atoms with Crippen LogP contribution in [0.5, 0.6) is 5.75 Å². The second kappa shape index (κ2) is 7.16. The lowest BCUT2D eigenvalue weighted by Crippen LogP contribution is -2.43. The SMILES string of the molecule is C#Cc1c(F)ccc2cc(O)cc(-c3ncc4c(c(C)cn4C4=CC5CCC4CN5)c3F)c12. The van der Waals surface area contributed by atoms with Crippen LogP contribution in [0.2, 0.25) is 0 Å². The van der Waals surface area contributed by atoms with Crippen molar-refractivity contribution >= 4 is 27.4 Å². The van der Waals surface area contributed by atoms with Crippen molar-refractivity contribution in [1.82, 2.24) is 14.9 Å². The highest BCUT2D eigenvalue weighted by Gasteiger charge is 2.31. The fraction of sp³-hybridized carbons (Fsp3) is 0.222. The third-order valence-corrected chi connectivity index (χ3v) is 6.95. The Balaban J connectivity index is 1.62. The monoisotopic (exact) mass is 441 g/mol. The van der Waals surface area contributed by atoms with Gasteiger partial charge < -0.3 is 15.0 Å². The Bertz CT molecular complexity index is 1540. The number of nitrogens with one attached hydrogen (secondary N) is 1. The van der Waals surface area contributed by atoms with Crippen LogP contribution >= 0.6 is 0 Å². The number of phenolic OH excluding ortho intramolecular Hbond substituents is 1. The Morgan fingerprint density at radius 1 is 1.21 bits per heavy atom. The number of aromatic nitrogens is 2. The van der Waals surface area contributed by atoms with Crippen LogP contribution in [0.15, 0.2) is 42.7 Å². The number of phenols is 1. The van der Waals surface area contributed by atoms with E-state index in [-0.39, 0.29) is 22.6 Å². The first kappa shape index (κ1) is 20.0. The molecule has 6 heteroatoms.